The number of carbonyl (C=O) groups excluding carboxylic acids is 3. The molecule has 3 aromatic rings. The normalized spacial score (nSPS) is 13.8. The standard InChI is InChI=1S/C23H21N3O4S/c1-14(20(27)26-23-25-19(13-31-23)15-6-3-2-4-7-15)30-22(29)17-8-5-9-18(12-17)24-21(28)16-10-11-16/h2-9,12-14,16H,10-11H2,1H3,(H,24,28)(H,25,26,27). The number of anilines is 2. The lowest BCUT2D eigenvalue weighted by molar-refractivity contribution is -0.123. The lowest BCUT2D eigenvalue weighted by Gasteiger charge is -2.13. The van der Waals surface area contributed by atoms with E-state index < -0.39 is 18.0 Å². The molecule has 31 heavy (non-hydrogen) atoms. The van der Waals surface area contributed by atoms with Gasteiger partial charge in [-0.1, -0.05) is 36.4 Å². The topological polar surface area (TPSA) is 97.4 Å². The molecule has 2 amide bonds. The quantitative estimate of drug-likeness (QED) is 0.538. The van der Waals surface area contributed by atoms with Crippen molar-refractivity contribution < 1.29 is 19.1 Å². The second-order valence-corrected chi connectivity index (χ2v) is 8.14. The lowest BCUT2D eigenvalue weighted by Crippen LogP contribution is -2.30. The Morgan fingerprint density at radius 3 is 2.58 bits per heavy atom. The third-order valence-corrected chi connectivity index (χ3v) is 5.53. The van der Waals surface area contributed by atoms with Crippen LogP contribution in [-0.4, -0.2) is 28.9 Å². The Balaban J connectivity index is 1.34. The molecule has 2 N–H and O–H groups in total. The summed E-state index contributed by atoms with van der Waals surface area (Å²) in [5.74, 6) is -1.10. The van der Waals surface area contributed by atoms with Crippen LogP contribution in [0.5, 0.6) is 0 Å². The highest BCUT2D eigenvalue weighted by molar-refractivity contribution is 7.14. The first-order chi connectivity index (χ1) is 15.0. The van der Waals surface area contributed by atoms with Gasteiger partial charge in [0, 0.05) is 22.5 Å². The van der Waals surface area contributed by atoms with Gasteiger partial charge in [-0.25, -0.2) is 9.78 Å². The van der Waals surface area contributed by atoms with E-state index in [0.717, 1.165) is 24.1 Å². The number of aromatic nitrogens is 1. The maximum Gasteiger partial charge on any atom is 0.338 e. The highest BCUT2D eigenvalue weighted by atomic mass is 32.1. The number of nitrogens with zero attached hydrogens (tertiary/aromatic N) is 1. The van der Waals surface area contributed by atoms with E-state index in [1.165, 1.54) is 18.3 Å². The lowest BCUT2D eigenvalue weighted by atomic mass is 10.2. The average Bonchev–Trinajstić information content (AvgIpc) is 3.53. The molecule has 0 aliphatic heterocycles. The maximum absolute atomic E-state index is 12.5. The Morgan fingerprint density at radius 1 is 1.06 bits per heavy atom. The van der Waals surface area contributed by atoms with Crippen molar-refractivity contribution in [2.24, 2.45) is 5.92 Å². The highest BCUT2D eigenvalue weighted by Crippen LogP contribution is 2.30. The number of hydrogen-bond donors (Lipinski definition) is 2. The van der Waals surface area contributed by atoms with Crippen LogP contribution >= 0.6 is 11.3 Å². The Morgan fingerprint density at radius 2 is 1.84 bits per heavy atom. The summed E-state index contributed by atoms with van der Waals surface area (Å²) in [4.78, 5) is 41.2. The summed E-state index contributed by atoms with van der Waals surface area (Å²) in [6.07, 6.45) is 0.777. The van der Waals surface area contributed by atoms with Crippen LogP contribution in [0.25, 0.3) is 11.3 Å². The molecule has 1 atom stereocenters. The van der Waals surface area contributed by atoms with Gasteiger partial charge in [-0.15, -0.1) is 11.3 Å². The predicted octanol–water partition coefficient (Wildman–Crippen LogP) is 4.34. The molecule has 7 nitrogen and oxygen atoms in total. The Bertz CT molecular complexity index is 1110. The van der Waals surface area contributed by atoms with Crippen LogP contribution in [0.15, 0.2) is 60.0 Å². The van der Waals surface area contributed by atoms with Crippen LogP contribution in [0.2, 0.25) is 0 Å². The first kappa shape index (κ1) is 20.7. The predicted molar refractivity (Wildman–Crippen MR) is 119 cm³/mol. The van der Waals surface area contributed by atoms with Crippen molar-refractivity contribution in [2.45, 2.75) is 25.9 Å². The first-order valence-corrected chi connectivity index (χ1v) is 10.8. The van der Waals surface area contributed by atoms with E-state index in [9.17, 15) is 14.4 Å². The Hall–Kier alpha value is -3.52. The molecule has 158 valence electrons. The van der Waals surface area contributed by atoms with Crippen LogP contribution in [0, 0.1) is 5.92 Å². The van der Waals surface area contributed by atoms with Crippen molar-refractivity contribution in [3.05, 3.63) is 65.5 Å². The van der Waals surface area contributed by atoms with Crippen LogP contribution in [-0.2, 0) is 14.3 Å². The van der Waals surface area contributed by atoms with E-state index >= 15 is 0 Å². The number of ether oxygens (including phenoxy) is 1. The molecule has 0 bridgehead atoms. The van der Waals surface area contributed by atoms with Gasteiger partial charge in [-0.2, -0.15) is 0 Å². The van der Waals surface area contributed by atoms with Gasteiger partial charge in [-0.05, 0) is 38.0 Å². The summed E-state index contributed by atoms with van der Waals surface area (Å²) in [6.45, 7) is 1.50. The second-order valence-electron chi connectivity index (χ2n) is 7.29. The van der Waals surface area contributed by atoms with Crippen molar-refractivity contribution in [1.29, 1.82) is 0 Å². The van der Waals surface area contributed by atoms with E-state index in [-0.39, 0.29) is 17.4 Å². The van der Waals surface area contributed by atoms with Gasteiger partial charge < -0.3 is 10.1 Å². The number of rotatable bonds is 7. The molecule has 0 radical (unpaired) electrons. The van der Waals surface area contributed by atoms with E-state index in [4.69, 9.17) is 4.74 Å². The third-order valence-electron chi connectivity index (χ3n) is 4.77. The van der Waals surface area contributed by atoms with Crippen molar-refractivity contribution in [1.82, 2.24) is 4.98 Å². The van der Waals surface area contributed by atoms with Crippen LogP contribution < -0.4 is 10.6 Å². The molecule has 1 heterocycles. The molecular formula is C23H21N3O4S. The monoisotopic (exact) mass is 435 g/mol. The number of hydrogen-bond acceptors (Lipinski definition) is 6. The molecule has 1 saturated carbocycles. The zero-order valence-corrected chi connectivity index (χ0v) is 17.6. The minimum Gasteiger partial charge on any atom is -0.449 e. The molecule has 1 aliphatic rings. The highest BCUT2D eigenvalue weighted by Gasteiger charge is 2.29. The molecule has 0 saturated heterocycles. The molecule has 1 aromatic heterocycles. The summed E-state index contributed by atoms with van der Waals surface area (Å²) in [5, 5.41) is 7.75. The second kappa shape index (κ2) is 9.09. The molecule has 8 heteroatoms. The fourth-order valence-electron chi connectivity index (χ4n) is 2.88. The van der Waals surface area contributed by atoms with Crippen LogP contribution in [0.4, 0.5) is 10.8 Å². The van der Waals surface area contributed by atoms with Gasteiger partial charge in [0.1, 0.15) is 0 Å². The minimum atomic E-state index is -1.01. The number of thiazole rings is 1. The largest absolute Gasteiger partial charge is 0.449 e. The van der Waals surface area contributed by atoms with Crippen LogP contribution in [0.1, 0.15) is 30.1 Å². The third kappa shape index (κ3) is 5.35. The van der Waals surface area contributed by atoms with Gasteiger partial charge in [0.15, 0.2) is 11.2 Å². The van der Waals surface area contributed by atoms with Gasteiger partial charge in [-0.3, -0.25) is 14.9 Å². The zero-order valence-electron chi connectivity index (χ0n) is 16.8. The molecule has 1 aliphatic carbocycles. The smallest absolute Gasteiger partial charge is 0.338 e. The number of nitrogens with one attached hydrogen (secondary N) is 2. The van der Waals surface area contributed by atoms with Crippen molar-refractivity contribution in [2.75, 3.05) is 10.6 Å². The van der Waals surface area contributed by atoms with Crippen LogP contribution in [0.3, 0.4) is 0 Å². The SMILES string of the molecule is CC(OC(=O)c1cccc(NC(=O)C2CC2)c1)C(=O)Nc1nc(-c2ccccc2)cs1. The van der Waals surface area contributed by atoms with Gasteiger partial charge in [0.05, 0.1) is 11.3 Å². The van der Waals surface area contributed by atoms with Gasteiger partial charge in [0.2, 0.25) is 5.91 Å². The molecular weight excluding hydrogens is 414 g/mol. The van der Waals surface area contributed by atoms with E-state index in [2.05, 4.69) is 15.6 Å². The first-order valence-electron chi connectivity index (χ1n) is 9.93. The summed E-state index contributed by atoms with van der Waals surface area (Å²) >= 11 is 1.30. The van der Waals surface area contributed by atoms with E-state index in [1.807, 2.05) is 35.7 Å². The number of esters is 1. The summed E-state index contributed by atoms with van der Waals surface area (Å²) < 4.78 is 5.29. The van der Waals surface area contributed by atoms with Crippen molar-refractivity contribution >= 4 is 39.9 Å². The maximum atomic E-state index is 12.5. The fourth-order valence-corrected chi connectivity index (χ4v) is 3.60. The fraction of sp³-hybridized carbons (Fsp3) is 0.217. The zero-order chi connectivity index (χ0) is 21.8. The Kier molecular flexibility index (Phi) is 6.08. The van der Waals surface area contributed by atoms with Gasteiger partial charge in [0.25, 0.3) is 5.91 Å². The molecule has 1 fully saturated rings. The summed E-state index contributed by atoms with van der Waals surface area (Å²) in [7, 11) is 0. The Labute approximate surface area is 183 Å². The average molecular weight is 436 g/mol. The van der Waals surface area contributed by atoms with E-state index in [1.54, 1.807) is 24.3 Å². The molecule has 1 unspecified atom stereocenters. The number of carbonyl (C=O) groups is 3. The summed E-state index contributed by atoms with van der Waals surface area (Å²) in [6, 6.07) is 16.1. The van der Waals surface area contributed by atoms with Crippen molar-refractivity contribution in [3.63, 3.8) is 0 Å². The van der Waals surface area contributed by atoms with Crippen molar-refractivity contribution in [3.8, 4) is 11.3 Å². The molecule has 4 rings (SSSR count). The van der Waals surface area contributed by atoms with Gasteiger partial charge >= 0.3 is 5.97 Å². The minimum absolute atomic E-state index is 0.0448. The van der Waals surface area contributed by atoms with E-state index in [0.29, 0.717) is 10.8 Å². The summed E-state index contributed by atoms with van der Waals surface area (Å²) in [5.41, 5.74) is 2.50. The number of amides is 2. The molecule has 2 aromatic carbocycles. The number of benzene rings is 2. The molecule has 0 spiro atoms.